The molecule has 0 atom stereocenters. The molecule has 0 unspecified atom stereocenters. The Kier molecular flexibility index (Phi) is 4.71. The van der Waals surface area contributed by atoms with Gasteiger partial charge in [0.1, 0.15) is 5.82 Å². The van der Waals surface area contributed by atoms with Crippen molar-refractivity contribution < 1.29 is 9.18 Å². The number of hydrogen-bond donors (Lipinski definition) is 1. The number of carbonyl (C=O) groups excluding carboxylic acids is 1. The van der Waals surface area contributed by atoms with Crippen LogP contribution < -0.4 is 4.90 Å². The molecular formula is C19H19FN4OS. The van der Waals surface area contributed by atoms with Gasteiger partial charge in [0.25, 0.3) is 0 Å². The maximum atomic E-state index is 13.7. The molecule has 134 valence electrons. The van der Waals surface area contributed by atoms with Crippen LogP contribution in [0.4, 0.5) is 10.2 Å². The van der Waals surface area contributed by atoms with Crippen LogP contribution in [0.5, 0.6) is 0 Å². The molecule has 1 aliphatic rings. The van der Waals surface area contributed by atoms with Crippen molar-refractivity contribution in [3.63, 3.8) is 0 Å². The summed E-state index contributed by atoms with van der Waals surface area (Å²) in [6.07, 6.45) is 0.109. The van der Waals surface area contributed by atoms with E-state index in [1.807, 2.05) is 17.5 Å². The molecule has 7 heteroatoms. The number of amides is 1. The first-order chi connectivity index (χ1) is 12.7. The van der Waals surface area contributed by atoms with Crippen LogP contribution in [-0.4, -0.2) is 47.2 Å². The van der Waals surface area contributed by atoms with Crippen LogP contribution in [0.1, 0.15) is 5.56 Å². The molecule has 0 radical (unpaired) electrons. The van der Waals surface area contributed by atoms with Crippen molar-refractivity contribution >= 4 is 23.1 Å². The Morgan fingerprint density at radius 1 is 1.15 bits per heavy atom. The Bertz CT molecular complexity index is 885. The van der Waals surface area contributed by atoms with Crippen LogP contribution in [0.2, 0.25) is 0 Å². The molecule has 2 aromatic heterocycles. The topological polar surface area (TPSA) is 52.2 Å². The molecule has 1 saturated heterocycles. The molecule has 1 N–H and O–H groups in total. The van der Waals surface area contributed by atoms with Gasteiger partial charge < -0.3 is 9.80 Å². The van der Waals surface area contributed by atoms with Crippen molar-refractivity contribution in [2.24, 2.45) is 0 Å². The third kappa shape index (κ3) is 3.48. The molecule has 0 bridgehead atoms. The zero-order valence-electron chi connectivity index (χ0n) is 14.2. The fraction of sp³-hybridized carbons (Fsp3) is 0.263. The lowest BCUT2D eigenvalue weighted by Gasteiger charge is -2.34. The van der Waals surface area contributed by atoms with E-state index < -0.39 is 0 Å². The number of benzene rings is 1. The Hall–Kier alpha value is -2.67. The summed E-state index contributed by atoms with van der Waals surface area (Å²) in [5.41, 5.74) is 1.46. The average Bonchev–Trinajstić information content (AvgIpc) is 3.35. The molecular weight excluding hydrogens is 351 g/mol. The molecule has 3 heterocycles. The number of rotatable bonds is 4. The molecule has 0 spiro atoms. The van der Waals surface area contributed by atoms with Crippen LogP contribution >= 0.6 is 11.3 Å². The standard InChI is InChI=1S/C19H19FN4OS/c20-15-5-2-1-4-14(15)12-19(25)24-9-7-23(8-10-24)18-13-16(21-22-18)17-6-3-11-26-17/h1-6,11,13H,7-10,12H2,(H,21,22). The van der Waals surface area contributed by atoms with Crippen molar-refractivity contribution in [1.82, 2.24) is 15.1 Å². The maximum Gasteiger partial charge on any atom is 0.227 e. The predicted octanol–water partition coefficient (Wildman–Crippen LogP) is 3.17. The minimum Gasteiger partial charge on any atom is -0.352 e. The number of carbonyl (C=O) groups is 1. The first-order valence-electron chi connectivity index (χ1n) is 8.56. The highest BCUT2D eigenvalue weighted by Crippen LogP contribution is 2.26. The van der Waals surface area contributed by atoms with Crippen LogP contribution in [0.15, 0.2) is 47.8 Å². The Balaban J connectivity index is 1.35. The second-order valence-corrected chi connectivity index (χ2v) is 7.20. The largest absolute Gasteiger partial charge is 0.352 e. The molecule has 1 aliphatic heterocycles. The summed E-state index contributed by atoms with van der Waals surface area (Å²) >= 11 is 1.67. The first-order valence-corrected chi connectivity index (χ1v) is 9.44. The lowest BCUT2D eigenvalue weighted by molar-refractivity contribution is -0.130. The summed E-state index contributed by atoms with van der Waals surface area (Å²) in [7, 11) is 0. The van der Waals surface area contributed by atoms with Gasteiger partial charge in [0.15, 0.2) is 5.82 Å². The quantitative estimate of drug-likeness (QED) is 0.768. The van der Waals surface area contributed by atoms with Crippen molar-refractivity contribution in [2.45, 2.75) is 6.42 Å². The maximum absolute atomic E-state index is 13.7. The molecule has 0 aliphatic carbocycles. The lowest BCUT2D eigenvalue weighted by Crippen LogP contribution is -2.49. The number of aromatic nitrogens is 2. The van der Waals surface area contributed by atoms with Gasteiger partial charge in [-0.15, -0.1) is 11.3 Å². The summed E-state index contributed by atoms with van der Waals surface area (Å²) in [6.45, 7) is 2.68. The fourth-order valence-electron chi connectivity index (χ4n) is 3.13. The molecule has 3 aromatic rings. The summed E-state index contributed by atoms with van der Waals surface area (Å²) in [6, 6.07) is 12.6. The highest BCUT2D eigenvalue weighted by molar-refractivity contribution is 7.13. The SMILES string of the molecule is O=C(Cc1ccccc1F)N1CCN(c2cc(-c3cccs3)[nH]n2)CC1. The van der Waals surface area contributed by atoms with Gasteiger partial charge in [0.2, 0.25) is 5.91 Å². The normalized spacial score (nSPS) is 14.7. The molecule has 1 amide bonds. The fourth-order valence-corrected chi connectivity index (χ4v) is 3.83. The third-order valence-electron chi connectivity index (χ3n) is 4.61. The van der Waals surface area contributed by atoms with Gasteiger partial charge >= 0.3 is 0 Å². The number of nitrogens with one attached hydrogen (secondary N) is 1. The van der Waals surface area contributed by atoms with Crippen molar-refractivity contribution in [2.75, 3.05) is 31.1 Å². The van der Waals surface area contributed by atoms with Gasteiger partial charge in [-0.25, -0.2) is 4.39 Å². The van der Waals surface area contributed by atoms with E-state index in [9.17, 15) is 9.18 Å². The lowest BCUT2D eigenvalue weighted by atomic mass is 10.1. The number of H-pyrrole nitrogens is 1. The highest BCUT2D eigenvalue weighted by Gasteiger charge is 2.23. The van der Waals surface area contributed by atoms with Gasteiger partial charge in [0.05, 0.1) is 17.0 Å². The first kappa shape index (κ1) is 16.8. The second-order valence-electron chi connectivity index (χ2n) is 6.25. The molecule has 1 aromatic carbocycles. The van der Waals surface area contributed by atoms with E-state index in [0.717, 1.165) is 29.5 Å². The van der Waals surface area contributed by atoms with Gasteiger partial charge in [-0.2, -0.15) is 5.10 Å². The van der Waals surface area contributed by atoms with E-state index in [0.29, 0.717) is 18.7 Å². The van der Waals surface area contributed by atoms with E-state index in [4.69, 9.17) is 0 Å². The van der Waals surface area contributed by atoms with Crippen LogP contribution in [0, 0.1) is 5.82 Å². The number of piperazine rings is 1. The minimum absolute atomic E-state index is 0.0314. The van der Waals surface area contributed by atoms with E-state index >= 15 is 0 Å². The average molecular weight is 370 g/mol. The summed E-state index contributed by atoms with van der Waals surface area (Å²) in [5, 5.41) is 9.51. The molecule has 0 saturated carbocycles. The van der Waals surface area contributed by atoms with Gasteiger partial charge in [0, 0.05) is 32.2 Å². The van der Waals surface area contributed by atoms with Gasteiger partial charge in [-0.3, -0.25) is 9.89 Å². The van der Waals surface area contributed by atoms with Crippen molar-refractivity contribution in [3.05, 3.63) is 59.2 Å². The van der Waals surface area contributed by atoms with E-state index in [2.05, 4.69) is 21.2 Å². The number of aromatic amines is 1. The predicted molar refractivity (Wildman–Crippen MR) is 101 cm³/mol. The Labute approximate surface area is 155 Å². The summed E-state index contributed by atoms with van der Waals surface area (Å²) in [4.78, 5) is 17.6. The third-order valence-corrected chi connectivity index (χ3v) is 5.51. The molecule has 5 nitrogen and oxygen atoms in total. The number of hydrogen-bond acceptors (Lipinski definition) is 4. The van der Waals surface area contributed by atoms with Gasteiger partial charge in [-0.1, -0.05) is 24.3 Å². The van der Waals surface area contributed by atoms with Crippen molar-refractivity contribution in [3.8, 4) is 10.6 Å². The number of nitrogens with zero attached hydrogens (tertiary/aromatic N) is 3. The highest BCUT2D eigenvalue weighted by atomic mass is 32.1. The van der Waals surface area contributed by atoms with E-state index in [1.165, 1.54) is 6.07 Å². The van der Waals surface area contributed by atoms with E-state index in [1.54, 1.807) is 34.4 Å². The number of anilines is 1. The second kappa shape index (κ2) is 7.29. The van der Waals surface area contributed by atoms with Crippen LogP contribution in [0.3, 0.4) is 0 Å². The Morgan fingerprint density at radius 2 is 1.96 bits per heavy atom. The van der Waals surface area contributed by atoms with Crippen LogP contribution in [-0.2, 0) is 11.2 Å². The van der Waals surface area contributed by atoms with Gasteiger partial charge in [-0.05, 0) is 23.1 Å². The Morgan fingerprint density at radius 3 is 2.69 bits per heavy atom. The monoisotopic (exact) mass is 370 g/mol. The van der Waals surface area contributed by atoms with Crippen LogP contribution in [0.25, 0.3) is 10.6 Å². The molecule has 4 rings (SSSR count). The van der Waals surface area contributed by atoms with E-state index in [-0.39, 0.29) is 18.1 Å². The minimum atomic E-state index is -0.322. The summed E-state index contributed by atoms with van der Waals surface area (Å²) < 4.78 is 13.7. The molecule has 26 heavy (non-hydrogen) atoms. The summed E-state index contributed by atoms with van der Waals surface area (Å²) in [5.74, 6) is 0.544. The molecule has 1 fully saturated rings. The zero-order chi connectivity index (χ0) is 17.9. The van der Waals surface area contributed by atoms with Crippen molar-refractivity contribution in [1.29, 1.82) is 0 Å². The smallest absolute Gasteiger partial charge is 0.227 e. The number of halogens is 1. The number of thiophene rings is 1. The zero-order valence-corrected chi connectivity index (χ0v) is 15.0.